The number of methoxy groups -OCH3 is 1. The van der Waals surface area contributed by atoms with Crippen LogP contribution in [-0.4, -0.2) is 20.3 Å². The van der Waals surface area contributed by atoms with E-state index in [1.54, 1.807) is 31.4 Å². The van der Waals surface area contributed by atoms with E-state index in [1.807, 2.05) is 0 Å². The van der Waals surface area contributed by atoms with E-state index in [4.69, 9.17) is 25.4 Å². The summed E-state index contributed by atoms with van der Waals surface area (Å²) in [7, 11) is 1.62. The normalized spacial score (nSPS) is 11.0. The highest BCUT2D eigenvalue weighted by atomic mass is 35.5. The third-order valence-electron chi connectivity index (χ3n) is 1.42. The summed E-state index contributed by atoms with van der Waals surface area (Å²) in [6.07, 6.45) is 0. The molecule has 1 aromatic carbocycles. The number of ether oxygens (including phenoxy) is 1. The molecule has 0 aromatic heterocycles. The summed E-state index contributed by atoms with van der Waals surface area (Å²) in [5, 5.41) is 0.695. The maximum Gasteiger partial charge on any atom is 0.215 e. The van der Waals surface area contributed by atoms with Gasteiger partial charge in [-0.15, -0.1) is 0 Å². The first-order valence-electron chi connectivity index (χ1n) is 4.11. The summed E-state index contributed by atoms with van der Waals surface area (Å²) >= 11 is 5.71. The molecule has 0 saturated heterocycles. The van der Waals surface area contributed by atoms with Crippen molar-refractivity contribution in [2.75, 3.05) is 20.3 Å². The van der Waals surface area contributed by atoms with Crippen LogP contribution in [0.15, 0.2) is 24.3 Å². The Labute approximate surface area is 90.3 Å². The lowest BCUT2D eigenvalue weighted by Crippen LogP contribution is -1.96. The molecule has 0 fully saturated rings. The predicted octanol–water partition coefficient (Wildman–Crippen LogP) is 2.89. The zero-order valence-corrected chi connectivity index (χ0v) is 9.58. The van der Waals surface area contributed by atoms with Gasteiger partial charge in [-0.05, 0) is 24.3 Å². The van der Waals surface area contributed by atoms with Gasteiger partial charge in [-0.1, -0.05) is 11.6 Å². The van der Waals surface area contributed by atoms with Gasteiger partial charge in [0.15, 0.2) is 0 Å². The van der Waals surface area contributed by atoms with Crippen LogP contribution < -0.4 is 4.52 Å². The Bertz CT molecular complexity index is 253. The lowest BCUT2D eigenvalue weighted by Gasteiger charge is -2.05. The van der Waals surface area contributed by atoms with Gasteiger partial charge in [-0.3, -0.25) is 0 Å². The molecule has 3 nitrogen and oxygen atoms in total. The molecule has 1 aromatic rings. The Morgan fingerprint density at radius 2 is 1.93 bits per heavy atom. The monoisotopic (exact) mass is 234 g/mol. The minimum absolute atomic E-state index is 0.00679. The zero-order valence-electron chi connectivity index (χ0n) is 7.83. The molecule has 1 rings (SSSR count). The van der Waals surface area contributed by atoms with E-state index >= 15 is 0 Å². The molecule has 0 radical (unpaired) electrons. The van der Waals surface area contributed by atoms with E-state index in [1.165, 1.54) is 0 Å². The van der Waals surface area contributed by atoms with Crippen LogP contribution >= 0.6 is 20.6 Å². The number of benzene rings is 1. The quantitative estimate of drug-likeness (QED) is 0.560. The molecule has 0 heterocycles. The van der Waals surface area contributed by atoms with Gasteiger partial charge in [0.2, 0.25) is 9.03 Å². The predicted molar refractivity (Wildman–Crippen MR) is 58.2 cm³/mol. The Morgan fingerprint density at radius 3 is 2.57 bits per heavy atom. The number of hydrogen-bond donors (Lipinski definition) is 0. The molecule has 0 aliphatic heterocycles. The van der Waals surface area contributed by atoms with Crippen LogP contribution in [0.1, 0.15) is 0 Å². The van der Waals surface area contributed by atoms with Gasteiger partial charge >= 0.3 is 0 Å². The smallest absolute Gasteiger partial charge is 0.215 e. The second-order valence-electron chi connectivity index (χ2n) is 2.48. The summed E-state index contributed by atoms with van der Waals surface area (Å²) in [5.41, 5.74) is 0. The van der Waals surface area contributed by atoms with Crippen molar-refractivity contribution in [3.8, 4) is 5.75 Å². The van der Waals surface area contributed by atoms with Gasteiger partial charge < -0.3 is 13.8 Å². The van der Waals surface area contributed by atoms with Crippen LogP contribution in [0.3, 0.4) is 0 Å². The maximum atomic E-state index is 5.71. The van der Waals surface area contributed by atoms with E-state index in [0.29, 0.717) is 18.2 Å². The van der Waals surface area contributed by atoms with E-state index in [9.17, 15) is 0 Å². The molecule has 0 amide bonds. The third-order valence-corrected chi connectivity index (χ3v) is 2.31. The average Bonchev–Trinajstić information content (AvgIpc) is 2.21. The summed E-state index contributed by atoms with van der Waals surface area (Å²) < 4.78 is 15.3. The van der Waals surface area contributed by atoms with Crippen molar-refractivity contribution in [2.45, 2.75) is 0 Å². The molecule has 14 heavy (non-hydrogen) atoms. The lowest BCUT2D eigenvalue weighted by atomic mass is 10.3. The standard InChI is InChI=1S/C9H12ClO3P/c1-11-6-7-12-14-13-9-4-2-8(10)3-5-9/h2-5,14H,6-7H2,1H3. The number of rotatable bonds is 6. The molecule has 0 aliphatic carbocycles. The van der Waals surface area contributed by atoms with Crippen molar-refractivity contribution in [3.05, 3.63) is 29.3 Å². The highest BCUT2D eigenvalue weighted by Gasteiger charge is 1.93. The van der Waals surface area contributed by atoms with Crippen molar-refractivity contribution in [2.24, 2.45) is 0 Å². The molecule has 0 bridgehead atoms. The summed E-state index contributed by atoms with van der Waals surface area (Å²) in [6, 6.07) is 7.15. The van der Waals surface area contributed by atoms with Gasteiger partial charge in [0.25, 0.3) is 0 Å². The first-order valence-corrected chi connectivity index (χ1v) is 5.30. The molecule has 5 heteroatoms. The van der Waals surface area contributed by atoms with Crippen molar-refractivity contribution in [3.63, 3.8) is 0 Å². The molecule has 1 unspecified atom stereocenters. The van der Waals surface area contributed by atoms with Crippen LogP contribution in [0.2, 0.25) is 5.02 Å². The van der Waals surface area contributed by atoms with Crippen molar-refractivity contribution < 1.29 is 13.8 Å². The van der Waals surface area contributed by atoms with Gasteiger partial charge in [0, 0.05) is 12.1 Å². The van der Waals surface area contributed by atoms with Crippen molar-refractivity contribution >= 4 is 20.6 Å². The highest BCUT2D eigenvalue weighted by molar-refractivity contribution is 7.26. The number of halogens is 1. The molecule has 0 N–H and O–H groups in total. The first-order chi connectivity index (χ1) is 6.83. The Balaban J connectivity index is 2.15. The Morgan fingerprint density at radius 1 is 1.21 bits per heavy atom. The van der Waals surface area contributed by atoms with Crippen LogP contribution in [0, 0.1) is 0 Å². The van der Waals surface area contributed by atoms with E-state index in [0.717, 1.165) is 5.75 Å². The van der Waals surface area contributed by atoms with Crippen LogP contribution in [0.5, 0.6) is 5.75 Å². The molecule has 0 aliphatic rings. The van der Waals surface area contributed by atoms with Gasteiger partial charge in [-0.25, -0.2) is 0 Å². The molecule has 78 valence electrons. The molecule has 1 atom stereocenters. The van der Waals surface area contributed by atoms with E-state index in [2.05, 4.69) is 0 Å². The molecular weight excluding hydrogens is 223 g/mol. The summed E-state index contributed by atoms with van der Waals surface area (Å²) in [5.74, 6) is 0.755. The topological polar surface area (TPSA) is 27.7 Å². The fourth-order valence-electron chi connectivity index (χ4n) is 0.747. The van der Waals surface area contributed by atoms with E-state index < -0.39 is 0 Å². The number of hydrogen-bond acceptors (Lipinski definition) is 3. The minimum atomic E-state index is -0.00679. The second-order valence-corrected chi connectivity index (χ2v) is 3.58. The summed E-state index contributed by atoms with van der Waals surface area (Å²) in [4.78, 5) is 0. The summed E-state index contributed by atoms with van der Waals surface area (Å²) in [6.45, 7) is 1.12. The maximum absolute atomic E-state index is 5.71. The van der Waals surface area contributed by atoms with Crippen LogP contribution in [0.4, 0.5) is 0 Å². The molecular formula is C9H12ClO3P. The lowest BCUT2D eigenvalue weighted by molar-refractivity contribution is 0.150. The minimum Gasteiger partial charge on any atom is -0.450 e. The molecule has 0 saturated carbocycles. The first kappa shape index (κ1) is 11.7. The van der Waals surface area contributed by atoms with Gasteiger partial charge in [0.05, 0.1) is 13.2 Å². The fraction of sp³-hybridized carbons (Fsp3) is 0.333. The fourth-order valence-corrected chi connectivity index (χ4v) is 1.33. The van der Waals surface area contributed by atoms with Gasteiger partial charge in [0.1, 0.15) is 5.75 Å². The Kier molecular flexibility index (Phi) is 5.88. The van der Waals surface area contributed by atoms with E-state index in [-0.39, 0.29) is 9.03 Å². The van der Waals surface area contributed by atoms with Crippen LogP contribution in [0.25, 0.3) is 0 Å². The SMILES string of the molecule is COCCOPOc1ccc(Cl)cc1. The van der Waals surface area contributed by atoms with Crippen LogP contribution in [-0.2, 0) is 9.26 Å². The average molecular weight is 235 g/mol. The van der Waals surface area contributed by atoms with Crippen molar-refractivity contribution in [1.29, 1.82) is 0 Å². The highest BCUT2D eigenvalue weighted by Crippen LogP contribution is 2.22. The Hall–Kier alpha value is -0.340. The van der Waals surface area contributed by atoms with Crippen molar-refractivity contribution in [1.82, 2.24) is 0 Å². The zero-order chi connectivity index (χ0) is 10.2. The third kappa shape index (κ3) is 4.77. The second kappa shape index (κ2) is 7.02. The van der Waals surface area contributed by atoms with Gasteiger partial charge in [-0.2, -0.15) is 0 Å². The molecule has 0 spiro atoms. The largest absolute Gasteiger partial charge is 0.450 e.